The third-order valence-corrected chi connectivity index (χ3v) is 7.38. The van der Waals surface area contributed by atoms with E-state index in [1.165, 1.54) is 12.1 Å². The molecule has 1 N–H and O–H groups in total. The van der Waals surface area contributed by atoms with Gasteiger partial charge in [0.25, 0.3) is 0 Å². The molecule has 2 aromatic carbocycles. The van der Waals surface area contributed by atoms with Crippen LogP contribution in [0.3, 0.4) is 0 Å². The number of hydrogen-bond acceptors (Lipinski definition) is 2. The molecule has 2 aliphatic carbocycles. The quantitative estimate of drug-likeness (QED) is 0.521. The maximum absolute atomic E-state index is 14.2. The molecule has 1 amide bonds. The van der Waals surface area contributed by atoms with E-state index < -0.39 is 5.97 Å². The summed E-state index contributed by atoms with van der Waals surface area (Å²) in [5, 5.41) is 10.2. The molecular formula is C28H31FN2O3. The van der Waals surface area contributed by atoms with Gasteiger partial charge in [0.1, 0.15) is 12.4 Å². The number of benzene rings is 2. The molecule has 1 heterocycles. The summed E-state index contributed by atoms with van der Waals surface area (Å²) in [6.45, 7) is 2.65. The standard InChI is InChI=1S/C28H31FN2O3/c1-18(13-19-5-3-2-4-6-19)28(34)30(16-20-7-8-20)22-10-12-26-24(15-22)23-14-21(29)9-11-25(23)31(26)17-27(32)33/h2-6,9,11,14,18,20,22H,7-8,10,12-13,15-17H2,1H3,(H,32,33)/t18-,22-/m0/s1. The van der Waals surface area contributed by atoms with Gasteiger partial charge < -0.3 is 14.6 Å². The Hall–Kier alpha value is -3.15. The van der Waals surface area contributed by atoms with Crippen LogP contribution in [0.1, 0.15) is 43.0 Å². The molecule has 0 aliphatic heterocycles. The lowest BCUT2D eigenvalue weighted by Gasteiger charge is -2.36. The zero-order valence-electron chi connectivity index (χ0n) is 19.5. The summed E-state index contributed by atoms with van der Waals surface area (Å²) >= 11 is 0. The van der Waals surface area contributed by atoms with E-state index in [1.54, 1.807) is 6.07 Å². The Bertz CT molecular complexity index is 1220. The maximum Gasteiger partial charge on any atom is 0.323 e. The Morgan fingerprint density at radius 1 is 1.15 bits per heavy atom. The van der Waals surface area contributed by atoms with Crippen molar-refractivity contribution in [3.05, 3.63) is 71.2 Å². The normalized spacial score (nSPS) is 18.5. The first-order valence-corrected chi connectivity index (χ1v) is 12.3. The number of fused-ring (bicyclic) bond motifs is 3. The van der Waals surface area contributed by atoms with Gasteiger partial charge in [-0.05, 0) is 73.8 Å². The van der Waals surface area contributed by atoms with Crippen LogP contribution in [0.25, 0.3) is 10.9 Å². The maximum atomic E-state index is 14.2. The molecule has 0 radical (unpaired) electrons. The molecule has 2 aliphatic rings. The van der Waals surface area contributed by atoms with Crippen molar-refractivity contribution in [2.75, 3.05) is 6.54 Å². The summed E-state index contributed by atoms with van der Waals surface area (Å²) in [5.74, 6) is -0.600. The predicted molar refractivity (Wildman–Crippen MR) is 129 cm³/mol. The van der Waals surface area contributed by atoms with Crippen molar-refractivity contribution in [3.8, 4) is 0 Å². The van der Waals surface area contributed by atoms with Crippen molar-refractivity contribution >= 4 is 22.8 Å². The number of carbonyl (C=O) groups excluding carboxylic acids is 1. The van der Waals surface area contributed by atoms with Crippen LogP contribution < -0.4 is 0 Å². The number of aromatic nitrogens is 1. The lowest BCUT2D eigenvalue weighted by molar-refractivity contribution is -0.138. The fourth-order valence-electron chi connectivity index (χ4n) is 5.52. The minimum absolute atomic E-state index is 0.0472. The van der Waals surface area contributed by atoms with E-state index >= 15 is 0 Å². The number of carboxylic acid groups (broad SMARTS) is 1. The Labute approximate surface area is 199 Å². The van der Waals surface area contributed by atoms with Gasteiger partial charge in [-0.15, -0.1) is 0 Å². The highest BCUT2D eigenvalue weighted by molar-refractivity contribution is 5.87. The minimum atomic E-state index is -0.911. The summed E-state index contributed by atoms with van der Waals surface area (Å²) in [5.41, 5.74) is 3.88. The van der Waals surface area contributed by atoms with Gasteiger partial charge in [-0.2, -0.15) is 0 Å². The van der Waals surface area contributed by atoms with Crippen LogP contribution in [0.5, 0.6) is 0 Å². The summed E-state index contributed by atoms with van der Waals surface area (Å²) < 4.78 is 16.0. The number of amides is 1. The number of halogens is 1. The second-order valence-corrected chi connectivity index (χ2v) is 9.99. The van der Waals surface area contributed by atoms with Crippen molar-refractivity contribution in [2.45, 2.75) is 58.0 Å². The largest absolute Gasteiger partial charge is 0.480 e. The van der Waals surface area contributed by atoms with Crippen molar-refractivity contribution in [1.82, 2.24) is 9.47 Å². The molecule has 0 bridgehead atoms. The molecule has 0 saturated heterocycles. The Morgan fingerprint density at radius 2 is 1.91 bits per heavy atom. The fourth-order valence-corrected chi connectivity index (χ4v) is 5.52. The van der Waals surface area contributed by atoms with Crippen molar-refractivity contribution < 1.29 is 19.1 Å². The monoisotopic (exact) mass is 462 g/mol. The zero-order valence-corrected chi connectivity index (χ0v) is 19.5. The van der Waals surface area contributed by atoms with Crippen LogP contribution in [-0.2, 0) is 35.4 Å². The van der Waals surface area contributed by atoms with E-state index in [2.05, 4.69) is 17.0 Å². The van der Waals surface area contributed by atoms with Crippen LogP contribution in [0.4, 0.5) is 4.39 Å². The number of carbonyl (C=O) groups is 2. The number of nitrogens with zero attached hydrogens (tertiary/aromatic N) is 2. The van der Waals surface area contributed by atoms with Crippen LogP contribution in [0.2, 0.25) is 0 Å². The van der Waals surface area contributed by atoms with E-state index in [-0.39, 0.29) is 30.2 Å². The van der Waals surface area contributed by atoms with Gasteiger partial charge >= 0.3 is 5.97 Å². The van der Waals surface area contributed by atoms with E-state index in [0.717, 1.165) is 53.5 Å². The summed E-state index contributed by atoms with van der Waals surface area (Å²) in [4.78, 5) is 27.3. The Kier molecular flexibility index (Phi) is 6.15. The third-order valence-electron chi connectivity index (χ3n) is 7.38. The Morgan fingerprint density at radius 3 is 2.62 bits per heavy atom. The molecule has 0 spiro atoms. The molecule has 1 saturated carbocycles. The van der Waals surface area contributed by atoms with Crippen LogP contribution in [-0.4, -0.2) is 39.0 Å². The molecule has 1 aromatic heterocycles. The number of rotatable bonds is 8. The molecular weight excluding hydrogens is 431 g/mol. The first kappa shape index (κ1) is 22.6. The lowest BCUT2D eigenvalue weighted by Crippen LogP contribution is -2.47. The lowest BCUT2D eigenvalue weighted by atomic mass is 9.89. The summed E-state index contributed by atoms with van der Waals surface area (Å²) in [6.07, 6.45) is 5.16. The van der Waals surface area contributed by atoms with E-state index in [1.807, 2.05) is 29.7 Å². The number of hydrogen-bond donors (Lipinski definition) is 1. The van der Waals surface area contributed by atoms with Crippen molar-refractivity contribution in [1.29, 1.82) is 0 Å². The van der Waals surface area contributed by atoms with Gasteiger partial charge in [-0.1, -0.05) is 37.3 Å². The van der Waals surface area contributed by atoms with E-state index in [0.29, 0.717) is 25.2 Å². The highest BCUT2D eigenvalue weighted by atomic mass is 19.1. The van der Waals surface area contributed by atoms with Crippen LogP contribution in [0, 0.1) is 17.7 Å². The highest BCUT2D eigenvalue weighted by Gasteiger charge is 2.36. The first-order valence-electron chi connectivity index (χ1n) is 12.3. The van der Waals surface area contributed by atoms with E-state index in [4.69, 9.17) is 0 Å². The number of carboxylic acids is 1. The first-order chi connectivity index (χ1) is 16.4. The molecule has 5 nitrogen and oxygen atoms in total. The molecule has 6 heteroatoms. The van der Waals surface area contributed by atoms with Gasteiger partial charge in [0.2, 0.25) is 5.91 Å². The molecule has 1 fully saturated rings. The predicted octanol–water partition coefficient (Wildman–Crippen LogP) is 4.84. The topological polar surface area (TPSA) is 62.5 Å². The molecule has 178 valence electrons. The SMILES string of the molecule is C[C@@H](Cc1ccccc1)C(=O)N(CC1CC1)[C@H]1CCc2c(c3cc(F)ccc3n2CC(=O)O)C1. The smallest absolute Gasteiger partial charge is 0.323 e. The van der Waals surface area contributed by atoms with Gasteiger partial charge in [-0.25, -0.2) is 4.39 Å². The summed E-state index contributed by atoms with van der Waals surface area (Å²) in [7, 11) is 0. The highest BCUT2D eigenvalue weighted by Crippen LogP contribution is 2.37. The second-order valence-electron chi connectivity index (χ2n) is 9.99. The minimum Gasteiger partial charge on any atom is -0.480 e. The van der Waals surface area contributed by atoms with Gasteiger partial charge in [-0.3, -0.25) is 9.59 Å². The molecule has 5 rings (SSSR count). The van der Waals surface area contributed by atoms with Crippen LogP contribution >= 0.6 is 0 Å². The van der Waals surface area contributed by atoms with Crippen molar-refractivity contribution in [2.24, 2.45) is 11.8 Å². The van der Waals surface area contributed by atoms with Gasteiger partial charge in [0.15, 0.2) is 0 Å². The van der Waals surface area contributed by atoms with Gasteiger partial charge in [0.05, 0.1) is 0 Å². The molecule has 0 unspecified atom stereocenters. The van der Waals surface area contributed by atoms with Crippen LogP contribution in [0.15, 0.2) is 48.5 Å². The second kappa shape index (κ2) is 9.24. The third kappa shape index (κ3) is 4.59. The average molecular weight is 463 g/mol. The molecule has 2 atom stereocenters. The average Bonchev–Trinajstić information content (AvgIpc) is 3.60. The zero-order chi connectivity index (χ0) is 23.8. The van der Waals surface area contributed by atoms with Gasteiger partial charge in [0, 0.05) is 35.1 Å². The molecule has 34 heavy (non-hydrogen) atoms. The fraction of sp³-hybridized carbons (Fsp3) is 0.429. The Balaban J connectivity index is 1.44. The molecule has 3 aromatic rings. The summed E-state index contributed by atoms with van der Waals surface area (Å²) in [6, 6.07) is 14.7. The van der Waals surface area contributed by atoms with E-state index in [9.17, 15) is 19.1 Å². The van der Waals surface area contributed by atoms with Crippen molar-refractivity contribution in [3.63, 3.8) is 0 Å². The number of aliphatic carboxylic acids is 1.